The van der Waals surface area contributed by atoms with Gasteiger partial charge in [0.2, 0.25) is 0 Å². The molecule has 110 valence electrons. The second kappa shape index (κ2) is 6.76. The molecule has 0 saturated carbocycles. The van der Waals surface area contributed by atoms with Crippen LogP contribution in [0.4, 0.5) is 8.78 Å². The number of ether oxygens (including phenoxy) is 1. The Morgan fingerprint density at radius 1 is 1.55 bits per heavy atom. The Morgan fingerprint density at radius 2 is 2.35 bits per heavy atom. The zero-order valence-electron chi connectivity index (χ0n) is 11.3. The number of benzene rings is 1. The maximum absolute atomic E-state index is 13.7. The summed E-state index contributed by atoms with van der Waals surface area (Å²) in [7, 11) is 0. The molecule has 1 fully saturated rings. The van der Waals surface area contributed by atoms with Gasteiger partial charge in [0.25, 0.3) is 5.91 Å². The number of carbonyl (C=O) groups is 1. The van der Waals surface area contributed by atoms with Crippen molar-refractivity contribution in [2.75, 3.05) is 19.7 Å². The number of nitrogens with one attached hydrogen (secondary N) is 2. The minimum Gasteiger partial charge on any atom is -0.366 e. The molecule has 1 aliphatic rings. The minimum atomic E-state index is -0.653. The lowest BCUT2D eigenvalue weighted by atomic mass is 10.0. The van der Waals surface area contributed by atoms with E-state index < -0.39 is 23.8 Å². The van der Waals surface area contributed by atoms with Crippen molar-refractivity contribution in [2.45, 2.75) is 25.5 Å². The zero-order chi connectivity index (χ0) is 14.5. The van der Waals surface area contributed by atoms with Crippen molar-refractivity contribution in [3.8, 4) is 0 Å². The van der Waals surface area contributed by atoms with Crippen LogP contribution in [0.5, 0.6) is 0 Å². The van der Waals surface area contributed by atoms with Crippen molar-refractivity contribution in [1.82, 2.24) is 10.6 Å². The van der Waals surface area contributed by atoms with E-state index >= 15 is 0 Å². The molecule has 2 unspecified atom stereocenters. The van der Waals surface area contributed by atoms with Gasteiger partial charge in [0.05, 0.1) is 12.6 Å². The van der Waals surface area contributed by atoms with Crippen LogP contribution in [-0.2, 0) is 9.53 Å². The van der Waals surface area contributed by atoms with E-state index in [1.165, 1.54) is 12.1 Å². The highest BCUT2D eigenvalue weighted by molar-refractivity contribution is 5.81. The van der Waals surface area contributed by atoms with Gasteiger partial charge in [-0.3, -0.25) is 4.79 Å². The molecule has 20 heavy (non-hydrogen) atoms. The summed E-state index contributed by atoms with van der Waals surface area (Å²) in [6.07, 6.45) is -0.0599. The van der Waals surface area contributed by atoms with Gasteiger partial charge >= 0.3 is 0 Å². The lowest BCUT2D eigenvalue weighted by Gasteiger charge is -2.25. The van der Waals surface area contributed by atoms with Crippen molar-refractivity contribution in [3.63, 3.8) is 0 Å². The highest BCUT2D eigenvalue weighted by Gasteiger charge is 2.25. The van der Waals surface area contributed by atoms with Gasteiger partial charge < -0.3 is 15.4 Å². The fourth-order valence-electron chi connectivity index (χ4n) is 2.18. The molecule has 2 N–H and O–H groups in total. The van der Waals surface area contributed by atoms with Crippen LogP contribution in [0.2, 0.25) is 0 Å². The fourth-order valence-corrected chi connectivity index (χ4v) is 2.18. The van der Waals surface area contributed by atoms with Gasteiger partial charge in [-0.05, 0) is 12.5 Å². The van der Waals surface area contributed by atoms with E-state index in [9.17, 15) is 13.6 Å². The molecule has 4 nitrogen and oxygen atoms in total. The Labute approximate surface area is 116 Å². The first-order chi connectivity index (χ1) is 9.61. The largest absolute Gasteiger partial charge is 0.366 e. The molecule has 2 rings (SSSR count). The molecule has 1 heterocycles. The van der Waals surface area contributed by atoms with Crippen LogP contribution in [0, 0.1) is 11.6 Å². The number of hydrogen-bond acceptors (Lipinski definition) is 3. The van der Waals surface area contributed by atoms with Crippen LogP contribution in [0.3, 0.4) is 0 Å². The first kappa shape index (κ1) is 14.9. The van der Waals surface area contributed by atoms with E-state index in [1.54, 1.807) is 0 Å². The molecule has 0 spiro atoms. The van der Waals surface area contributed by atoms with Crippen LogP contribution in [0.25, 0.3) is 0 Å². The molecule has 1 aliphatic heterocycles. The molecular formula is C14H18F2N2O2. The Kier molecular flexibility index (Phi) is 5.03. The van der Waals surface area contributed by atoms with Gasteiger partial charge in [0.1, 0.15) is 17.7 Å². The van der Waals surface area contributed by atoms with Crippen LogP contribution < -0.4 is 10.6 Å². The number of hydrogen-bond donors (Lipinski definition) is 2. The third-order valence-corrected chi connectivity index (χ3v) is 3.28. The number of amides is 1. The third-order valence-electron chi connectivity index (χ3n) is 3.28. The molecule has 0 aliphatic carbocycles. The molecule has 2 atom stereocenters. The molecule has 1 aromatic rings. The Morgan fingerprint density at radius 3 is 2.95 bits per heavy atom. The van der Waals surface area contributed by atoms with Crippen LogP contribution in [0.15, 0.2) is 18.2 Å². The summed E-state index contributed by atoms with van der Waals surface area (Å²) in [5, 5.41) is 5.80. The van der Waals surface area contributed by atoms with E-state index in [-0.39, 0.29) is 11.5 Å². The summed E-state index contributed by atoms with van der Waals surface area (Å²) < 4.78 is 32.0. The quantitative estimate of drug-likeness (QED) is 0.881. The van der Waals surface area contributed by atoms with Gasteiger partial charge in [-0.1, -0.05) is 13.0 Å². The maximum Gasteiger partial charge on any atom is 0.250 e. The molecule has 1 aromatic carbocycles. The maximum atomic E-state index is 13.7. The standard InChI is InChI=1S/C14H18F2N2O2/c1-2-12(10-4-3-9(15)7-11(10)16)18-14(19)13-8-17-5-6-20-13/h3-4,7,12-13,17H,2,5-6,8H2,1H3,(H,18,19). The van der Waals surface area contributed by atoms with E-state index in [1.807, 2.05) is 6.92 Å². The highest BCUT2D eigenvalue weighted by Crippen LogP contribution is 2.21. The second-order valence-corrected chi connectivity index (χ2v) is 4.70. The van der Waals surface area contributed by atoms with Crippen LogP contribution >= 0.6 is 0 Å². The predicted octanol–water partition coefficient (Wildman–Crippen LogP) is 1.52. The van der Waals surface area contributed by atoms with E-state index in [0.717, 1.165) is 6.07 Å². The lowest BCUT2D eigenvalue weighted by molar-refractivity contribution is -0.135. The van der Waals surface area contributed by atoms with Crippen molar-refractivity contribution in [1.29, 1.82) is 0 Å². The normalized spacial score (nSPS) is 20.4. The van der Waals surface area contributed by atoms with Gasteiger partial charge in [-0.25, -0.2) is 8.78 Å². The minimum absolute atomic E-state index is 0.283. The first-order valence-electron chi connectivity index (χ1n) is 6.69. The molecule has 0 aromatic heterocycles. The smallest absolute Gasteiger partial charge is 0.250 e. The van der Waals surface area contributed by atoms with Crippen molar-refractivity contribution in [3.05, 3.63) is 35.4 Å². The number of halogens is 2. The third kappa shape index (κ3) is 3.52. The average molecular weight is 284 g/mol. The van der Waals surface area contributed by atoms with Crippen LogP contribution in [-0.4, -0.2) is 31.7 Å². The highest BCUT2D eigenvalue weighted by atomic mass is 19.1. The zero-order valence-corrected chi connectivity index (χ0v) is 11.3. The molecule has 1 amide bonds. The molecule has 1 saturated heterocycles. The van der Waals surface area contributed by atoms with Crippen molar-refractivity contribution >= 4 is 5.91 Å². The van der Waals surface area contributed by atoms with Gasteiger partial charge in [-0.15, -0.1) is 0 Å². The summed E-state index contributed by atoms with van der Waals surface area (Å²) >= 11 is 0. The lowest BCUT2D eigenvalue weighted by Crippen LogP contribution is -2.48. The monoisotopic (exact) mass is 284 g/mol. The molecule has 0 bridgehead atoms. The van der Waals surface area contributed by atoms with Gasteiger partial charge in [0, 0.05) is 24.7 Å². The Balaban J connectivity index is 2.06. The number of carbonyl (C=O) groups excluding carboxylic acids is 1. The molecular weight excluding hydrogens is 266 g/mol. The summed E-state index contributed by atoms with van der Waals surface area (Å²) in [4.78, 5) is 12.0. The summed E-state index contributed by atoms with van der Waals surface area (Å²) in [6.45, 7) is 3.45. The van der Waals surface area contributed by atoms with Crippen molar-refractivity contribution < 1.29 is 18.3 Å². The molecule has 0 radical (unpaired) electrons. The topological polar surface area (TPSA) is 50.4 Å². The summed E-state index contributed by atoms with van der Waals surface area (Å²) in [6, 6.07) is 2.88. The molecule has 6 heteroatoms. The van der Waals surface area contributed by atoms with Crippen molar-refractivity contribution in [2.24, 2.45) is 0 Å². The van der Waals surface area contributed by atoms with Gasteiger partial charge in [-0.2, -0.15) is 0 Å². The number of morpholine rings is 1. The van der Waals surface area contributed by atoms with Crippen LogP contribution in [0.1, 0.15) is 24.9 Å². The number of rotatable bonds is 4. The van der Waals surface area contributed by atoms with E-state index in [0.29, 0.717) is 26.1 Å². The Hall–Kier alpha value is -1.53. The summed E-state index contributed by atoms with van der Waals surface area (Å²) in [5.74, 6) is -1.57. The average Bonchev–Trinajstić information content (AvgIpc) is 2.46. The SMILES string of the molecule is CCC(NC(=O)C1CNCCO1)c1ccc(F)cc1F. The van der Waals surface area contributed by atoms with Gasteiger partial charge in [0.15, 0.2) is 0 Å². The Bertz CT molecular complexity index is 476. The fraction of sp³-hybridized carbons (Fsp3) is 0.500. The second-order valence-electron chi connectivity index (χ2n) is 4.70. The van der Waals surface area contributed by atoms with E-state index in [4.69, 9.17) is 4.74 Å². The predicted molar refractivity (Wildman–Crippen MR) is 70.1 cm³/mol. The summed E-state index contributed by atoms with van der Waals surface area (Å²) in [5.41, 5.74) is 0.283. The van der Waals surface area contributed by atoms with E-state index in [2.05, 4.69) is 10.6 Å². The first-order valence-corrected chi connectivity index (χ1v) is 6.69.